The highest BCUT2D eigenvalue weighted by Gasteiger charge is 1.98. The molecule has 0 fully saturated rings. The number of hydrogen-bond donors (Lipinski definition) is 1. The zero-order chi connectivity index (χ0) is 9.68. The van der Waals surface area contributed by atoms with E-state index in [9.17, 15) is 4.79 Å². The van der Waals surface area contributed by atoms with Crippen molar-refractivity contribution in [3.63, 3.8) is 0 Å². The number of nitrogens with one attached hydrogen (secondary N) is 1. The molecule has 0 heterocycles. The van der Waals surface area contributed by atoms with E-state index in [-0.39, 0.29) is 5.91 Å². The Morgan fingerprint density at radius 3 is 2.85 bits per heavy atom. The molecule has 0 unspecified atom stereocenters. The van der Waals surface area contributed by atoms with Gasteiger partial charge in [0.2, 0.25) is 5.91 Å². The molecule has 1 amide bonds. The molecule has 0 saturated heterocycles. The number of carbonyl (C=O) groups excluding carboxylic acids is 1. The highest BCUT2D eigenvalue weighted by molar-refractivity contribution is 9.10. The van der Waals surface area contributed by atoms with Gasteiger partial charge >= 0.3 is 0 Å². The van der Waals surface area contributed by atoms with Crippen LogP contribution in [0.15, 0.2) is 41.4 Å². The van der Waals surface area contributed by atoms with Gasteiger partial charge in [-0.05, 0) is 17.7 Å². The maximum absolute atomic E-state index is 10.9. The van der Waals surface area contributed by atoms with Crippen LogP contribution in [0.4, 0.5) is 0 Å². The van der Waals surface area contributed by atoms with Crippen LogP contribution in [0, 0.1) is 0 Å². The Labute approximate surface area is 85.8 Å². The second kappa shape index (κ2) is 4.82. The number of amides is 1. The Morgan fingerprint density at radius 1 is 1.54 bits per heavy atom. The van der Waals surface area contributed by atoms with Crippen LogP contribution in [0.5, 0.6) is 0 Å². The van der Waals surface area contributed by atoms with Gasteiger partial charge in [-0.1, -0.05) is 40.7 Å². The summed E-state index contributed by atoms with van der Waals surface area (Å²) in [6.45, 7) is 3.89. The van der Waals surface area contributed by atoms with E-state index in [0.717, 1.165) is 10.0 Å². The molecule has 1 aromatic carbocycles. The predicted molar refractivity (Wildman–Crippen MR) is 56.2 cm³/mol. The fraction of sp³-hybridized carbons (Fsp3) is 0.100. The van der Waals surface area contributed by atoms with Crippen molar-refractivity contribution in [2.45, 2.75) is 6.54 Å². The zero-order valence-corrected chi connectivity index (χ0v) is 8.67. The molecule has 0 aliphatic heterocycles. The molecule has 1 aromatic rings. The average molecular weight is 240 g/mol. The molecule has 13 heavy (non-hydrogen) atoms. The molecule has 0 aliphatic carbocycles. The molecular formula is C10H10BrNO. The van der Waals surface area contributed by atoms with E-state index in [0.29, 0.717) is 6.54 Å². The number of carbonyl (C=O) groups is 1. The van der Waals surface area contributed by atoms with Gasteiger partial charge in [0, 0.05) is 11.0 Å². The molecule has 2 nitrogen and oxygen atoms in total. The summed E-state index contributed by atoms with van der Waals surface area (Å²) >= 11 is 3.39. The maximum Gasteiger partial charge on any atom is 0.243 e. The number of rotatable bonds is 3. The lowest BCUT2D eigenvalue weighted by Gasteiger charge is -2.04. The minimum atomic E-state index is -0.157. The summed E-state index contributed by atoms with van der Waals surface area (Å²) in [6.07, 6.45) is 1.26. The Balaban J connectivity index is 2.59. The van der Waals surface area contributed by atoms with E-state index in [4.69, 9.17) is 0 Å². The molecule has 0 atom stereocenters. The summed E-state index contributed by atoms with van der Waals surface area (Å²) in [7, 11) is 0. The van der Waals surface area contributed by atoms with Crippen LogP contribution >= 0.6 is 15.9 Å². The van der Waals surface area contributed by atoms with Crippen molar-refractivity contribution in [1.29, 1.82) is 0 Å². The van der Waals surface area contributed by atoms with E-state index < -0.39 is 0 Å². The van der Waals surface area contributed by atoms with E-state index >= 15 is 0 Å². The first-order chi connectivity index (χ1) is 6.24. The van der Waals surface area contributed by atoms with Crippen molar-refractivity contribution in [3.05, 3.63) is 47.0 Å². The Bertz CT molecular complexity index is 322. The Morgan fingerprint density at radius 2 is 2.23 bits per heavy atom. The van der Waals surface area contributed by atoms with E-state index in [1.54, 1.807) is 0 Å². The lowest BCUT2D eigenvalue weighted by atomic mass is 10.2. The van der Waals surface area contributed by atoms with Gasteiger partial charge in [-0.15, -0.1) is 0 Å². The Kier molecular flexibility index (Phi) is 3.71. The largest absolute Gasteiger partial charge is 0.348 e. The van der Waals surface area contributed by atoms with Crippen LogP contribution in [0.25, 0.3) is 0 Å². The van der Waals surface area contributed by atoms with Crippen LogP contribution in [0.3, 0.4) is 0 Å². The molecular weight excluding hydrogens is 230 g/mol. The number of benzene rings is 1. The first kappa shape index (κ1) is 9.99. The molecule has 0 bridgehead atoms. The van der Waals surface area contributed by atoms with Crippen LogP contribution < -0.4 is 5.32 Å². The summed E-state index contributed by atoms with van der Waals surface area (Å²) in [5.41, 5.74) is 1.05. The monoisotopic (exact) mass is 239 g/mol. The first-order valence-electron chi connectivity index (χ1n) is 3.87. The third-order valence-corrected chi connectivity index (χ3v) is 2.37. The van der Waals surface area contributed by atoms with Crippen LogP contribution in [0.2, 0.25) is 0 Å². The molecule has 1 N–H and O–H groups in total. The molecule has 0 saturated carbocycles. The standard InChI is InChI=1S/C10H10BrNO/c1-2-10(13)12-7-8-5-3-4-6-9(8)11/h2-6H,1,7H2,(H,12,13). The fourth-order valence-electron chi connectivity index (χ4n) is 0.896. The average Bonchev–Trinajstić information content (AvgIpc) is 2.16. The summed E-state index contributed by atoms with van der Waals surface area (Å²) < 4.78 is 0.999. The minimum absolute atomic E-state index is 0.157. The van der Waals surface area contributed by atoms with Gasteiger partial charge in [0.05, 0.1) is 0 Å². The van der Waals surface area contributed by atoms with Crippen LogP contribution in [0.1, 0.15) is 5.56 Å². The van der Waals surface area contributed by atoms with Crippen molar-refractivity contribution in [2.75, 3.05) is 0 Å². The predicted octanol–water partition coefficient (Wildman–Crippen LogP) is 2.25. The summed E-state index contributed by atoms with van der Waals surface area (Å²) in [6, 6.07) is 7.76. The molecule has 0 spiro atoms. The van der Waals surface area contributed by atoms with Crippen molar-refractivity contribution >= 4 is 21.8 Å². The van der Waals surface area contributed by atoms with Gasteiger partial charge < -0.3 is 5.32 Å². The van der Waals surface area contributed by atoms with Crippen molar-refractivity contribution in [3.8, 4) is 0 Å². The Hall–Kier alpha value is -1.09. The van der Waals surface area contributed by atoms with Gasteiger partial charge in [0.1, 0.15) is 0 Å². The summed E-state index contributed by atoms with van der Waals surface area (Å²) in [5.74, 6) is -0.157. The van der Waals surface area contributed by atoms with Crippen molar-refractivity contribution < 1.29 is 4.79 Å². The molecule has 3 heteroatoms. The second-order valence-electron chi connectivity index (χ2n) is 2.51. The highest BCUT2D eigenvalue weighted by atomic mass is 79.9. The third kappa shape index (κ3) is 3.03. The van der Waals surface area contributed by atoms with Crippen molar-refractivity contribution in [1.82, 2.24) is 5.32 Å². The number of hydrogen-bond acceptors (Lipinski definition) is 1. The topological polar surface area (TPSA) is 29.1 Å². The fourth-order valence-corrected chi connectivity index (χ4v) is 1.32. The molecule has 68 valence electrons. The lowest BCUT2D eigenvalue weighted by Crippen LogP contribution is -2.20. The normalized spacial score (nSPS) is 9.31. The molecule has 1 rings (SSSR count). The summed E-state index contributed by atoms with van der Waals surface area (Å²) in [5, 5.41) is 2.70. The van der Waals surface area contributed by atoms with E-state index in [1.165, 1.54) is 6.08 Å². The molecule has 0 aliphatic rings. The molecule has 0 aromatic heterocycles. The second-order valence-corrected chi connectivity index (χ2v) is 3.37. The van der Waals surface area contributed by atoms with E-state index in [1.807, 2.05) is 24.3 Å². The number of halogens is 1. The smallest absolute Gasteiger partial charge is 0.243 e. The summed E-state index contributed by atoms with van der Waals surface area (Å²) in [4.78, 5) is 10.9. The molecule has 0 radical (unpaired) electrons. The van der Waals surface area contributed by atoms with Gasteiger partial charge in [-0.3, -0.25) is 4.79 Å². The van der Waals surface area contributed by atoms with E-state index in [2.05, 4.69) is 27.8 Å². The third-order valence-electron chi connectivity index (χ3n) is 1.60. The van der Waals surface area contributed by atoms with Gasteiger partial charge in [0.25, 0.3) is 0 Å². The van der Waals surface area contributed by atoms with Gasteiger partial charge in [-0.2, -0.15) is 0 Å². The SMILES string of the molecule is C=CC(=O)NCc1ccccc1Br. The quantitative estimate of drug-likeness (QED) is 0.806. The van der Waals surface area contributed by atoms with Gasteiger partial charge in [-0.25, -0.2) is 0 Å². The minimum Gasteiger partial charge on any atom is -0.348 e. The maximum atomic E-state index is 10.9. The van der Waals surface area contributed by atoms with Crippen LogP contribution in [-0.4, -0.2) is 5.91 Å². The van der Waals surface area contributed by atoms with Gasteiger partial charge in [0.15, 0.2) is 0 Å². The van der Waals surface area contributed by atoms with Crippen LogP contribution in [-0.2, 0) is 11.3 Å². The highest BCUT2D eigenvalue weighted by Crippen LogP contribution is 2.14. The lowest BCUT2D eigenvalue weighted by molar-refractivity contribution is -0.116. The van der Waals surface area contributed by atoms with Crippen molar-refractivity contribution in [2.24, 2.45) is 0 Å². The zero-order valence-electron chi connectivity index (χ0n) is 7.09. The first-order valence-corrected chi connectivity index (χ1v) is 4.67.